The van der Waals surface area contributed by atoms with Gasteiger partial charge in [0.15, 0.2) is 0 Å². The number of nitrogens with zero attached hydrogens (tertiary/aromatic N) is 2. The molecule has 0 unspecified atom stereocenters. The van der Waals surface area contributed by atoms with E-state index < -0.39 is 11.9 Å². The van der Waals surface area contributed by atoms with Gasteiger partial charge in [-0.3, -0.25) is 9.78 Å². The molecule has 5 heterocycles. The number of aromatic carboxylic acids is 1. The summed E-state index contributed by atoms with van der Waals surface area (Å²) in [5.74, 6) is -2.14. The smallest absolute Gasteiger partial charge is 0.338 e. The molecular formula is C44H61N5O4. The minimum Gasteiger partial charge on any atom is -0.481 e. The Balaban J connectivity index is 1.56. The minimum absolute atomic E-state index is 0.00113. The number of carbonyl (C=O) groups is 2. The highest BCUT2D eigenvalue weighted by atomic mass is 16.4. The molecule has 0 saturated carbocycles. The number of aromatic amines is 2. The van der Waals surface area contributed by atoms with E-state index in [1.807, 2.05) is 19.9 Å². The summed E-state index contributed by atoms with van der Waals surface area (Å²) in [5.41, 5.74) is 12.7. The first-order valence-electron chi connectivity index (χ1n) is 20.1. The number of nitrogens with one attached hydrogen (secondary N) is 3. The van der Waals surface area contributed by atoms with Crippen LogP contribution < -0.4 is 5.32 Å². The van der Waals surface area contributed by atoms with Crippen molar-refractivity contribution < 1.29 is 19.8 Å². The minimum atomic E-state index is -1.01. The number of aryl methyl sites for hydroxylation is 4. The number of H-pyrrole nitrogens is 2. The maximum atomic E-state index is 12.7. The molecule has 0 amide bonds. The number of allylic oxidation sites excluding steroid dienone is 1. The number of hydrogen-bond acceptors (Lipinski definition) is 5. The highest BCUT2D eigenvalue weighted by molar-refractivity contribution is 6.02. The van der Waals surface area contributed by atoms with Crippen LogP contribution in [-0.4, -0.2) is 55.2 Å². The summed E-state index contributed by atoms with van der Waals surface area (Å²) in [5, 5.41) is 23.8. The maximum Gasteiger partial charge on any atom is 0.338 e. The standard InChI is InChI=1S/C44H61N5O4/c1-8-10-11-12-13-14-15-16-17-18-21-45-25-33-28(5)34-22-36-27(4)32(19-20-40(50)51)42(48-36)30(7)43-41(44(52)53)29(6)37(49-43)24-38-31(9-2)26(3)35(46-38)23-39(33)47-34/h22-24,27,32,45-46,49H,8-21,25H2,1-7H3,(H,50,51)(H,52,53)/t27-,32-/m0/s1. The second kappa shape index (κ2) is 18.2. The molecule has 3 aromatic rings. The van der Waals surface area contributed by atoms with Gasteiger partial charge in [0.05, 0.1) is 22.5 Å². The van der Waals surface area contributed by atoms with Crippen LogP contribution in [0.5, 0.6) is 0 Å². The molecule has 2 aliphatic heterocycles. The molecule has 5 N–H and O–H groups in total. The van der Waals surface area contributed by atoms with Gasteiger partial charge in [-0.15, -0.1) is 0 Å². The van der Waals surface area contributed by atoms with Gasteiger partial charge in [0.1, 0.15) is 0 Å². The lowest BCUT2D eigenvalue weighted by atomic mass is 9.85. The summed E-state index contributed by atoms with van der Waals surface area (Å²) in [6.07, 6.45) is 14.3. The number of carboxylic acid groups (broad SMARTS) is 2. The van der Waals surface area contributed by atoms with E-state index >= 15 is 0 Å². The second-order valence-corrected chi connectivity index (χ2v) is 15.3. The molecule has 5 rings (SSSR count). The van der Waals surface area contributed by atoms with E-state index in [2.05, 4.69) is 62.0 Å². The summed E-state index contributed by atoms with van der Waals surface area (Å²) in [6.45, 7) is 16.2. The predicted octanol–water partition coefficient (Wildman–Crippen LogP) is 10.7. The number of carboxylic acids is 2. The Labute approximate surface area is 315 Å². The van der Waals surface area contributed by atoms with Crippen molar-refractivity contribution in [3.8, 4) is 0 Å². The summed E-state index contributed by atoms with van der Waals surface area (Å²) >= 11 is 0. The van der Waals surface area contributed by atoms with Crippen molar-refractivity contribution in [1.29, 1.82) is 0 Å². The molecule has 0 aliphatic carbocycles. The average Bonchev–Trinajstić information content (AvgIpc) is 3.80. The van der Waals surface area contributed by atoms with E-state index in [0.717, 1.165) is 75.4 Å². The fourth-order valence-electron chi connectivity index (χ4n) is 8.28. The Kier molecular flexibility index (Phi) is 13.7. The van der Waals surface area contributed by atoms with Crippen molar-refractivity contribution in [2.75, 3.05) is 13.1 Å². The Morgan fingerprint density at radius 1 is 0.774 bits per heavy atom. The van der Waals surface area contributed by atoms with Crippen molar-refractivity contribution in [1.82, 2.24) is 25.3 Å². The molecule has 9 heteroatoms. The molecule has 0 spiro atoms. The van der Waals surface area contributed by atoms with Crippen LogP contribution in [-0.2, 0) is 11.2 Å². The van der Waals surface area contributed by atoms with E-state index in [-0.39, 0.29) is 23.8 Å². The van der Waals surface area contributed by atoms with Gasteiger partial charge in [-0.1, -0.05) is 78.6 Å². The molecule has 0 aromatic carbocycles. The van der Waals surface area contributed by atoms with Crippen LogP contribution >= 0.6 is 0 Å². The molecule has 286 valence electrons. The third kappa shape index (κ3) is 9.11. The van der Waals surface area contributed by atoms with Gasteiger partial charge in [-0.2, -0.15) is 0 Å². The van der Waals surface area contributed by atoms with Crippen molar-refractivity contribution >= 4 is 45.2 Å². The Morgan fingerprint density at radius 3 is 2.08 bits per heavy atom. The largest absolute Gasteiger partial charge is 0.481 e. The number of fused-ring (bicyclic) bond motifs is 8. The van der Waals surface area contributed by atoms with Gasteiger partial charge in [-0.05, 0) is 105 Å². The monoisotopic (exact) mass is 723 g/mol. The lowest BCUT2D eigenvalue weighted by molar-refractivity contribution is -0.137. The Hall–Kier alpha value is -4.24. The summed E-state index contributed by atoms with van der Waals surface area (Å²) in [6, 6.07) is 6.23. The first-order chi connectivity index (χ1) is 25.5. The molecule has 53 heavy (non-hydrogen) atoms. The zero-order chi connectivity index (χ0) is 38.2. The summed E-state index contributed by atoms with van der Waals surface area (Å²) in [4.78, 5) is 42.0. The topological polar surface area (TPSA) is 144 Å². The van der Waals surface area contributed by atoms with Gasteiger partial charge in [0, 0.05) is 52.7 Å². The van der Waals surface area contributed by atoms with Gasteiger partial charge in [0.2, 0.25) is 0 Å². The SMILES string of the molecule is CCCCCCCCCCCCNCC1=C(C)c2cc3nc(c(C)c4[nH]c(cc5[nH]c(cc1n2)c(C)c5CC)c(C)c4C(=O)O)[C@@H](CCC(=O)O)[C@@H]3C. The summed E-state index contributed by atoms with van der Waals surface area (Å²) < 4.78 is 0. The zero-order valence-electron chi connectivity index (χ0n) is 33.1. The predicted molar refractivity (Wildman–Crippen MR) is 217 cm³/mol. The number of hydrogen-bond donors (Lipinski definition) is 5. The molecule has 3 aromatic heterocycles. The third-order valence-electron chi connectivity index (χ3n) is 11.7. The van der Waals surface area contributed by atoms with Crippen LogP contribution in [0, 0.1) is 20.8 Å². The second-order valence-electron chi connectivity index (χ2n) is 15.3. The molecule has 2 aliphatic rings. The van der Waals surface area contributed by atoms with Gasteiger partial charge in [-0.25, -0.2) is 9.78 Å². The van der Waals surface area contributed by atoms with Crippen LogP contribution in [0.4, 0.5) is 0 Å². The van der Waals surface area contributed by atoms with E-state index in [4.69, 9.17) is 9.97 Å². The van der Waals surface area contributed by atoms with Gasteiger partial charge < -0.3 is 25.5 Å². The first-order valence-corrected chi connectivity index (χ1v) is 20.1. The van der Waals surface area contributed by atoms with Crippen molar-refractivity contribution in [2.24, 2.45) is 0 Å². The lowest BCUT2D eigenvalue weighted by Gasteiger charge is -2.16. The fourth-order valence-corrected chi connectivity index (χ4v) is 8.28. The first kappa shape index (κ1) is 40.0. The number of rotatable bonds is 18. The molecule has 2 atom stereocenters. The Morgan fingerprint density at radius 2 is 1.43 bits per heavy atom. The van der Waals surface area contributed by atoms with E-state index in [9.17, 15) is 19.8 Å². The third-order valence-corrected chi connectivity index (χ3v) is 11.7. The van der Waals surface area contributed by atoms with E-state index in [1.165, 1.54) is 68.9 Å². The van der Waals surface area contributed by atoms with Crippen LogP contribution in [0.25, 0.3) is 33.2 Å². The molecule has 8 bridgehead atoms. The maximum absolute atomic E-state index is 12.7. The van der Waals surface area contributed by atoms with Crippen molar-refractivity contribution in [3.05, 3.63) is 68.8 Å². The van der Waals surface area contributed by atoms with Crippen LogP contribution in [0.1, 0.15) is 172 Å². The molecule has 0 fully saturated rings. The Bertz CT molecular complexity index is 2000. The summed E-state index contributed by atoms with van der Waals surface area (Å²) in [7, 11) is 0. The number of aliphatic carboxylic acids is 1. The van der Waals surface area contributed by atoms with Crippen LogP contribution in [0.15, 0.2) is 18.2 Å². The van der Waals surface area contributed by atoms with Gasteiger partial charge >= 0.3 is 11.9 Å². The quantitative estimate of drug-likeness (QED) is 0.0822. The average molecular weight is 724 g/mol. The molecule has 9 nitrogen and oxygen atoms in total. The fraction of sp³-hybridized carbons (Fsp3) is 0.545. The lowest BCUT2D eigenvalue weighted by Crippen LogP contribution is -2.18. The molecule has 0 radical (unpaired) electrons. The number of aromatic nitrogens is 4. The number of unbranched alkanes of at least 4 members (excludes halogenated alkanes) is 9. The van der Waals surface area contributed by atoms with Crippen molar-refractivity contribution in [3.63, 3.8) is 0 Å². The normalized spacial score (nSPS) is 15.8. The van der Waals surface area contributed by atoms with Crippen LogP contribution in [0.2, 0.25) is 0 Å². The highest BCUT2D eigenvalue weighted by Gasteiger charge is 2.32. The van der Waals surface area contributed by atoms with Crippen LogP contribution in [0.3, 0.4) is 0 Å². The molecule has 0 saturated heterocycles. The zero-order valence-corrected chi connectivity index (χ0v) is 33.1. The highest BCUT2D eigenvalue weighted by Crippen LogP contribution is 2.42. The van der Waals surface area contributed by atoms with E-state index in [1.54, 1.807) is 0 Å². The van der Waals surface area contributed by atoms with E-state index in [0.29, 0.717) is 24.0 Å². The van der Waals surface area contributed by atoms with Crippen molar-refractivity contribution in [2.45, 2.75) is 144 Å². The van der Waals surface area contributed by atoms with Gasteiger partial charge in [0.25, 0.3) is 0 Å². The molecular weight excluding hydrogens is 663 g/mol.